The zero-order chi connectivity index (χ0) is 15.0. The van der Waals surface area contributed by atoms with Gasteiger partial charge in [0.05, 0.1) is 4.90 Å². The molecule has 0 saturated heterocycles. The smallest absolute Gasteiger partial charge is 0.254 e. The van der Waals surface area contributed by atoms with Crippen LogP contribution < -0.4 is 0 Å². The molecule has 0 bridgehead atoms. The van der Waals surface area contributed by atoms with E-state index in [1.807, 2.05) is 6.92 Å². The maximum absolute atomic E-state index is 13.6. The molecule has 1 atom stereocenters. The average molecular weight is 304 g/mol. The van der Waals surface area contributed by atoms with Gasteiger partial charge in [0.25, 0.3) is 10.1 Å². The quantitative estimate of drug-likeness (QED) is 0.814. The van der Waals surface area contributed by atoms with Crippen LogP contribution in [-0.4, -0.2) is 8.42 Å². The van der Waals surface area contributed by atoms with Gasteiger partial charge in [0.2, 0.25) is 0 Å². The van der Waals surface area contributed by atoms with Crippen molar-refractivity contribution in [2.24, 2.45) is 0 Å². The molecule has 21 heavy (non-hydrogen) atoms. The molecular formula is C16H13FO3S. The summed E-state index contributed by atoms with van der Waals surface area (Å²) in [5.41, 5.74) is 1.86. The predicted molar refractivity (Wildman–Crippen MR) is 77.6 cm³/mol. The summed E-state index contributed by atoms with van der Waals surface area (Å²) >= 11 is 0. The first-order chi connectivity index (χ1) is 9.97. The maximum atomic E-state index is 13.6. The van der Waals surface area contributed by atoms with E-state index in [1.54, 1.807) is 30.4 Å². The molecule has 5 heteroatoms. The second-order valence-electron chi connectivity index (χ2n) is 4.89. The van der Waals surface area contributed by atoms with Crippen molar-refractivity contribution in [2.75, 3.05) is 0 Å². The van der Waals surface area contributed by atoms with E-state index >= 15 is 0 Å². The summed E-state index contributed by atoms with van der Waals surface area (Å²) in [6, 6.07) is 10.9. The summed E-state index contributed by atoms with van der Waals surface area (Å²) in [7, 11) is -3.89. The lowest BCUT2D eigenvalue weighted by Gasteiger charge is -2.13. The van der Waals surface area contributed by atoms with Gasteiger partial charge < -0.3 is 0 Å². The van der Waals surface area contributed by atoms with Crippen LogP contribution in [0.15, 0.2) is 53.4 Å². The predicted octanol–water partition coefficient (Wildman–Crippen LogP) is 3.61. The van der Waals surface area contributed by atoms with Gasteiger partial charge in [-0.2, -0.15) is 8.42 Å². The minimum absolute atomic E-state index is 0.0892. The van der Waals surface area contributed by atoms with E-state index < -0.39 is 16.2 Å². The molecule has 0 aromatic heterocycles. The third-order valence-electron chi connectivity index (χ3n) is 3.37. The van der Waals surface area contributed by atoms with Crippen molar-refractivity contribution in [2.45, 2.75) is 17.9 Å². The van der Waals surface area contributed by atoms with Gasteiger partial charge in [-0.25, -0.2) is 4.39 Å². The fraction of sp³-hybridized carbons (Fsp3) is 0.125. The summed E-state index contributed by atoms with van der Waals surface area (Å²) in [6.45, 7) is 1.87. The number of benzene rings is 2. The summed E-state index contributed by atoms with van der Waals surface area (Å²) in [6.07, 6.45) is 2.29. The van der Waals surface area contributed by atoms with E-state index in [0.29, 0.717) is 11.1 Å². The van der Waals surface area contributed by atoms with Gasteiger partial charge in [-0.15, -0.1) is 0 Å². The lowest BCUT2D eigenvalue weighted by atomic mass is 10.1. The number of rotatable bonds is 3. The molecule has 3 rings (SSSR count). The molecule has 0 aliphatic heterocycles. The van der Waals surface area contributed by atoms with Gasteiger partial charge in [-0.3, -0.25) is 4.18 Å². The topological polar surface area (TPSA) is 43.4 Å². The van der Waals surface area contributed by atoms with E-state index in [-0.39, 0.29) is 10.7 Å². The fourth-order valence-corrected chi connectivity index (χ4v) is 3.27. The molecule has 3 nitrogen and oxygen atoms in total. The number of aryl methyl sites for hydroxylation is 1. The average Bonchev–Trinajstić information content (AvgIpc) is 2.83. The van der Waals surface area contributed by atoms with Crippen LogP contribution in [0.25, 0.3) is 6.08 Å². The normalized spacial score (nSPS) is 17.0. The highest BCUT2D eigenvalue weighted by atomic mass is 32.2. The van der Waals surface area contributed by atoms with Crippen molar-refractivity contribution in [3.8, 4) is 0 Å². The number of halogens is 1. The van der Waals surface area contributed by atoms with E-state index in [4.69, 9.17) is 4.18 Å². The van der Waals surface area contributed by atoms with Crippen molar-refractivity contribution in [3.63, 3.8) is 0 Å². The molecule has 0 radical (unpaired) electrons. The first-order valence-electron chi connectivity index (χ1n) is 6.44. The number of fused-ring (bicyclic) bond motifs is 1. The van der Waals surface area contributed by atoms with Crippen molar-refractivity contribution in [1.29, 1.82) is 0 Å². The molecule has 1 aliphatic rings. The standard InChI is InChI=1S/C16H13FO3S/c1-11-5-7-12(8-6-11)21(18,19)20-16-10-9-13-14(16)3-2-4-15(13)17/h2-10,16H,1H3. The minimum atomic E-state index is -3.89. The van der Waals surface area contributed by atoms with Gasteiger partial charge >= 0.3 is 0 Å². The lowest BCUT2D eigenvalue weighted by molar-refractivity contribution is 0.264. The molecule has 108 valence electrons. The van der Waals surface area contributed by atoms with Gasteiger partial charge in [-0.1, -0.05) is 35.9 Å². The van der Waals surface area contributed by atoms with E-state index in [9.17, 15) is 12.8 Å². The van der Waals surface area contributed by atoms with Crippen molar-refractivity contribution in [3.05, 3.63) is 71.0 Å². The van der Waals surface area contributed by atoms with Crippen molar-refractivity contribution >= 4 is 16.2 Å². The fourth-order valence-electron chi connectivity index (χ4n) is 2.25. The third kappa shape index (κ3) is 2.62. The molecule has 2 aromatic rings. The Morgan fingerprint density at radius 1 is 1.10 bits per heavy atom. The monoisotopic (exact) mass is 304 g/mol. The van der Waals surface area contributed by atoms with Crippen molar-refractivity contribution < 1.29 is 17.0 Å². The number of hydrogen-bond acceptors (Lipinski definition) is 3. The molecule has 1 unspecified atom stereocenters. The summed E-state index contributed by atoms with van der Waals surface area (Å²) < 4.78 is 43.3. The molecule has 0 N–H and O–H groups in total. The Kier molecular flexibility index (Phi) is 3.39. The van der Waals surface area contributed by atoms with Crippen LogP contribution in [0.2, 0.25) is 0 Å². The molecule has 0 amide bonds. The van der Waals surface area contributed by atoms with Crippen LogP contribution in [0.3, 0.4) is 0 Å². The Morgan fingerprint density at radius 3 is 2.52 bits per heavy atom. The second-order valence-corrected chi connectivity index (χ2v) is 6.46. The zero-order valence-electron chi connectivity index (χ0n) is 11.3. The third-order valence-corrected chi connectivity index (χ3v) is 4.68. The molecular weight excluding hydrogens is 291 g/mol. The Morgan fingerprint density at radius 2 is 1.81 bits per heavy atom. The van der Waals surface area contributed by atoms with Crippen LogP contribution in [0, 0.1) is 12.7 Å². The SMILES string of the molecule is Cc1ccc(S(=O)(=O)OC2C=Cc3c(F)cccc32)cc1. The molecule has 0 fully saturated rings. The Hall–Kier alpha value is -1.98. The lowest BCUT2D eigenvalue weighted by Crippen LogP contribution is -2.10. The molecule has 0 spiro atoms. The van der Waals surface area contributed by atoms with Gasteiger partial charge in [0.1, 0.15) is 11.9 Å². The van der Waals surface area contributed by atoms with E-state index in [1.165, 1.54) is 24.3 Å². The summed E-state index contributed by atoms with van der Waals surface area (Å²) in [5.74, 6) is -0.386. The van der Waals surface area contributed by atoms with Gasteiger partial charge in [-0.05, 0) is 36.8 Å². The zero-order valence-corrected chi connectivity index (χ0v) is 12.1. The maximum Gasteiger partial charge on any atom is 0.297 e. The Labute approximate surface area is 122 Å². The Balaban J connectivity index is 1.91. The first kappa shape index (κ1) is 14.0. The van der Waals surface area contributed by atoms with Crippen molar-refractivity contribution in [1.82, 2.24) is 0 Å². The second kappa shape index (κ2) is 5.09. The van der Waals surface area contributed by atoms with Crippen LogP contribution in [0.4, 0.5) is 4.39 Å². The summed E-state index contributed by atoms with van der Waals surface area (Å²) in [5, 5.41) is 0. The van der Waals surface area contributed by atoms with Crippen LogP contribution >= 0.6 is 0 Å². The van der Waals surface area contributed by atoms with Gasteiger partial charge in [0.15, 0.2) is 0 Å². The van der Waals surface area contributed by atoms with E-state index in [0.717, 1.165) is 5.56 Å². The minimum Gasteiger partial charge on any atom is -0.254 e. The highest BCUT2D eigenvalue weighted by Gasteiger charge is 2.26. The van der Waals surface area contributed by atoms with E-state index in [2.05, 4.69) is 0 Å². The highest BCUT2D eigenvalue weighted by molar-refractivity contribution is 7.86. The molecule has 0 saturated carbocycles. The number of hydrogen-bond donors (Lipinski definition) is 0. The molecule has 0 heterocycles. The highest BCUT2D eigenvalue weighted by Crippen LogP contribution is 2.34. The summed E-state index contributed by atoms with van der Waals surface area (Å²) in [4.78, 5) is 0.0892. The van der Waals surface area contributed by atoms with Crippen LogP contribution in [0.1, 0.15) is 22.8 Å². The first-order valence-corrected chi connectivity index (χ1v) is 7.85. The largest absolute Gasteiger partial charge is 0.297 e. The molecule has 1 aliphatic carbocycles. The Bertz CT molecular complexity index is 808. The molecule has 2 aromatic carbocycles. The van der Waals surface area contributed by atoms with Crippen LogP contribution in [-0.2, 0) is 14.3 Å². The van der Waals surface area contributed by atoms with Gasteiger partial charge in [0, 0.05) is 5.56 Å². The van der Waals surface area contributed by atoms with Crippen LogP contribution in [0.5, 0.6) is 0 Å².